The number of pyridine rings is 2. The normalized spacial score (nSPS) is 11.3. The third kappa shape index (κ3) is 3.25. The van der Waals surface area contributed by atoms with Crippen molar-refractivity contribution < 1.29 is 9.13 Å². The molecule has 0 aliphatic heterocycles. The minimum atomic E-state index is 1.04. The summed E-state index contributed by atoms with van der Waals surface area (Å²) < 4.78 is 4.75. The van der Waals surface area contributed by atoms with Gasteiger partial charge in [0.25, 0.3) is 0 Å². The van der Waals surface area contributed by atoms with Crippen molar-refractivity contribution in [1.82, 2.24) is 0 Å². The van der Waals surface area contributed by atoms with E-state index in [4.69, 9.17) is 0 Å². The molecular formula is C23H24N2+2. The first-order valence-electron chi connectivity index (χ1n) is 8.98. The second-order valence-electron chi connectivity index (χ2n) is 6.83. The second-order valence-corrected chi connectivity index (χ2v) is 6.83. The number of nitrogens with zero attached hydrogens (tertiary/aromatic N) is 2. The standard InChI is InChI=1S/C23H24N2/c1-18-14-20-8-3-5-10-22(20)16-24(18)12-7-13-25-17-23-11-6-4-9-21(23)15-19(25)2/h3-6,8-11,14-17H,7,12-13H2,1-2H3/q+2. The van der Waals surface area contributed by atoms with Crippen molar-refractivity contribution in [3.05, 3.63) is 84.4 Å². The van der Waals surface area contributed by atoms with Gasteiger partial charge in [-0.05, 0) is 22.9 Å². The number of fused-ring (bicyclic) bond motifs is 2. The molecule has 0 aliphatic carbocycles. The van der Waals surface area contributed by atoms with Gasteiger partial charge in [0.15, 0.2) is 36.9 Å². The van der Waals surface area contributed by atoms with Crippen molar-refractivity contribution in [2.75, 3.05) is 0 Å². The summed E-state index contributed by atoms with van der Waals surface area (Å²) >= 11 is 0. The SMILES string of the molecule is Cc1cc2ccccc2c[n+]1CCC[n+]1cc2ccccc2cc1C. The molecule has 2 heterocycles. The van der Waals surface area contributed by atoms with E-state index in [1.807, 2.05) is 0 Å². The zero-order chi connectivity index (χ0) is 17.2. The third-order valence-electron chi connectivity index (χ3n) is 5.01. The molecule has 0 amide bonds. The van der Waals surface area contributed by atoms with Gasteiger partial charge in [-0.2, -0.15) is 0 Å². The van der Waals surface area contributed by atoms with Gasteiger partial charge in [0, 0.05) is 36.8 Å². The summed E-state index contributed by atoms with van der Waals surface area (Å²) in [6.07, 6.45) is 5.68. The van der Waals surface area contributed by atoms with Crippen molar-refractivity contribution >= 4 is 21.5 Å². The van der Waals surface area contributed by atoms with E-state index < -0.39 is 0 Å². The minimum absolute atomic E-state index is 1.04. The Balaban J connectivity index is 1.52. The lowest BCUT2D eigenvalue weighted by Gasteiger charge is -2.04. The average Bonchev–Trinajstić information content (AvgIpc) is 2.62. The molecule has 0 saturated heterocycles. The Hall–Kier alpha value is -2.74. The van der Waals surface area contributed by atoms with E-state index in [0.717, 1.165) is 19.5 Å². The topological polar surface area (TPSA) is 7.76 Å². The molecule has 2 aromatic heterocycles. The number of aryl methyl sites for hydroxylation is 4. The van der Waals surface area contributed by atoms with Gasteiger partial charge in [0.2, 0.25) is 0 Å². The Morgan fingerprint density at radius 3 is 1.44 bits per heavy atom. The molecule has 0 radical (unpaired) electrons. The molecule has 4 rings (SSSR count). The number of hydrogen-bond acceptors (Lipinski definition) is 0. The van der Waals surface area contributed by atoms with Gasteiger partial charge in [-0.1, -0.05) is 36.4 Å². The maximum Gasteiger partial charge on any atom is 0.178 e. The molecule has 2 nitrogen and oxygen atoms in total. The maximum atomic E-state index is 2.37. The predicted octanol–water partition coefficient (Wildman–Crippen LogP) is 4.28. The fourth-order valence-electron chi connectivity index (χ4n) is 3.57. The van der Waals surface area contributed by atoms with Crippen molar-refractivity contribution in [2.24, 2.45) is 0 Å². The highest BCUT2D eigenvalue weighted by Crippen LogP contribution is 2.13. The minimum Gasteiger partial charge on any atom is -0.202 e. The summed E-state index contributed by atoms with van der Waals surface area (Å²) in [5.41, 5.74) is 2.64. The number of aromatic nitrogens is 2. The number of rotatable bonds is 4. The van der Waals surface area contributed by atoms with Crippen molar-refractivity contribution in [2.45, 2.75) is 33.4 Å². The Morgan fingerprint density at radius 2 is 1.00 bits per heavy atom. The van der Waals surface area contributed by atoms with Gasteiger partial charge in [-0.25, -0.2) is 9.13 Å². The molecule has 0 unspecified atom stereocenters. The maximum absolute atomic E-state index is 2.37. The molecule has 0 spiro atoms. The van der Waals surface area contributed by atoms with Gasteiger partial charge >= 0.3 is 0 Å². The second kappa shape index (κ2) is 6.64. The van der Waals surface area contributed by atoms with Crippen LogP contribution in [0.25, 0.3) is 21.5 Å². The van der Waals surface area contributed by atoms with Crippen LogP contribution in [0, 0.1) is 13.8 Å². The Morgan fingerprint density at radius 1 is 0.600 bits per heavy atom. The van der Waals surface area contributed by atoms with Gasteiger partial charge in [0.1, 0.15) is 0 Å². The van der Waals surface area contributed by atoms with Crippen LogP contribution in [0.3, 0.4) is 0 Å². The molecule has 0 N–H and O–H groups in total. The Labute approximate surface area is 149 Å². The van der Waals surface area contributed by atoms with Crippen molar-refractivity contribution in [1.29, 1.82) is 0 Å². The van der Waals surface area contributed by atoms with Crippen molar-refractivity contribution in [3.8, 4) is 0 Å². The smallest absolute Gasteiger partial charge is 0.178 e. The van der Waals surface area contributed by atoms with E-state index in [2.05, 4.69) is 96.0 Å². The molecule has 0 atom stereocenters. The number of hydrogen-bond donors (Lipinski definition) is 0. The fourth-order valence-corrected chi connectivity index (χ4v) is 3.57. The summed E-state index contributed by atoms with van der Waals surface area (Å²) in [7, 11) is 0. The molecule has 0 saturated carbocycles. The highest BCUT2D eigenvalue weighted by Gasteiger charge is 2.12. The van der Waals surface area contributed by atoms with E-state index in [1.54, 1.807) is 0 Å². The van der Waals surface area contributed by atoms with Crippen LogP contribution in [0.1, 0.15) is 17.8 Å². The molecule has 25 heavy (non-hydrogen) atoms. The average molecular weight is 328 g/mol. The van der Waals surface area contributed by atoms with Crippen molar-refractivity contribution in [3.63, 3.8) is 0 Å². The lowest BCUT2D eigenvalue weighted by atomic mass is 10.1. The van der Waals surface area contributed by atoms with E-state index in [0.29, 0.717) is 0 Å². The highest BCUT2D eigenvalue weighted by molar-refractivity contribution is 5.81. The molecule has 4 aromatic rings. The summed E-state index contributed by atoms with van der Waals surface area (Å²) in [4.78, 5) is 0. The van der Waals surface area contributed by atoms with Crippen LogP contribution < -0.4 is 9.13 Å². The van der Waals surface area contributed by atoms with Crippen LogP contribution >= 0.6 is 0 Å². The molecule has 2 aromatic carbocycles. The lowest BCUT2D eigenvalue weighted by Crippen LogP contribution is -2.42. The molecule has 0 aliphatic rings. The molecule has 0 fully saturated rings. The summed E-state index contributed by atoms with van der Waals surface area (Å²) in [5.74, 6) is 0. The zero-order valence-corrected chi connectivity index (χ0v) is 14.9. The summed E-state index contributed by atoms with van der Waals surface area (Å²) in [6, 6.07) is 21.7. The first kappa shape index (κ1) is 15.8. The fraction of sp³-hybridized carbons (Fsp3) is 0.217. The molecule has 124 valence electrons. The largest absolute Gasteiger partial charge is 0.202 e. The van der Waals surface area contributed by atoms with E-state index in [9.17, 15) is 0 Å². The van der Waals surface area contributed by atoms with Gasteiger partial charge in [-0.3, -0.25) is 0 Å². The highest BCUT2D eigenvalue weighted by atomic mass is 15.0. The third-order valence-corrected chi connectivity index (χ3v) is 5.01. The molecule has 0 bridgehead atoms. The quantitative estimate of drug-likeness (QED) is 0.494. The molecular weight excluding hydrogens is 304 g/mol. The van der Waals surface area contributed by atoms with E-state index in [1.165, 1.54) is 32.9 Å². The predicted molar refractivity (Wildman–Crippen MR) is 102 cm³/mol. The van der Waals surface area contributed by atoms with Crippen LogP contribution in [0.4, 0.5) is 0 Å². The van der Waals surface area contributed by atoms with Crippen LogP contribution in [0.15, 0.2) is 73.1 Å². The summed E-state index contributed by atoms with van der Waals surface area (Å²) in [6.45, 7) is 6.47. The lowest BCUT2D eigenvalue weighted by molar-refractivity contribution is -0.731. The van der Waals surface area contributed by atoms with Crippen LogP contribution in [0.5, 0.6) is 0 Å². The van der Waals surface area contributed by atoms with Crippen LogP contribution in [-0.2, 0) is 13.1 Å². The Bertz CT molecular complexity index is 965. The van der Waals surface area contributed by atoms with Gasteiger partial charge < -0.3 is 0 Å². The van der Waals surface area contributed by atoms with E-state index in [-0.39, 0.29) is 0 Å². The first-order chi connectivity index (χ1) is 12.2. The zero-order valence-electron chi connectivity index (χ0n) is 14.9. The summed E-state index contributed by atoms with van der Waals surface area (Å²) in [5, 5.41) is 5.25. The monoisotopic (exact) mass is 328 g/mol. The van der Waals surface area contributed by atoms with Crippen LogP contribution in [0.2, 0.25) is 0 Å². The van der Waals surface area contributed by atoms with Gasteiger partial charge in [-0.15, -0.1) is 0 Å². The molecule has 2 heteroatoms. The van der Waals surface area contributed by atoms with Gasteiger partial charge in [0.05, 0.1) is 6.42 Å². The number of benzene rings is 2. The first-order valence-corrected chi connectivity index (χ1v) is 8.98. The van der Waals surface area contributed by atoms with E-state index >= 15 is 0 Å². The van der Waals surface area contributed by atoms with Crippen LogP contribution in [-0.4, -0.2) is 0 Å². The Kier molecular flexibility index (Phi) is 4.19.